The summed E-state index contributed by atoms with van der Waals surface area (Å²) in [7, 11) is 0. The Labute approximate surface area is 192 Å². The van der Waals surface area contributed by atoms with Crippen molar-refractivity contribution in [3.63, 3.8) is 0 Å². The van der Waals surface area contributed by atoms with Gasteiger partial charge in [0.1, 0.15) is 17.3 Å². The number of rotatable bonds is 9. The lowest BCUT2D eigenvalue weighted by atomic mass is 9.78. The summed E-state index contributed by atoms with van der Waals surface area (Å²) in [4.78, 5) is 0. The molecule has 0 heterocycles. The largest absolute Gasteiger partial charge is 0.508 e. The minimum atomic E-state index is -0.873. The minimum absolute atomic E-state index is 0.0616. The second kappa shape index (κ2) is 11.1. The third kappa shape index (κ3) is 6.21. The number of ether oxygens (including phenoxy) is 2. The van der Waals surface area contributed by atoms with Gasteiger partial charge in [-0.25, -0.2) is 13.2 Å². The van der Waals surface area contributed by atoms with Crippen molar-refractivity contribution in [3.8, 4) is 16.9 Å². The van der Waals surface area contributed by atoms with Crippen molar-refractivity contribution in [2.75, 3.05) is 13.2 Å². The van der Waals surface area contributed by atoms with Crippen LogP contribution in [0.15, 0.2) is 73.0 Å². The Kier molecular flexibility index (Phi) is 8.26. The molecule has 0 aliphatic heterocycles. The summed E-state index contributed by atoms with van der Waals surface area (Å²) in [5, 5.41) is 9.40. The van der Waals surface area contributed by atoms with Crippen molar-refractivity contribution in [3.05, 3.63) is 90.2 Å². The third-order valence-electron chi connectivity index (χ3n) is 5.95. The first-order chi connectivity index (χ1) is 15.8. The maximum Gasteiger partial charge on any atom is 0.168 e. The van der Waals surface area contributed by atoms with Crippen LogP contribution in [-0.4, -0.2) is 18.3 Å². The number of phenolic OH excluding ortho intramolecular Hbond substituents is 1. The van der Waals surface area contributed by atoms with Gasteiger partial charge in [-0.05, 0) is 67.7 Å². The van der Waals surface area contributed by atoms with E-state index in [9.17, 15) is 18.3 Å². The van der Waals surface area contributed by atoms with Crippen LogP contribution in [0.3, 0.4) is 0 Å². The summed E-state index contributed by atoms with van der Waals surface area (Å²) >= 11 is 0. The van der Waals surface area contributed by atoms with Gasteiger partial charge >= 0.3 is 0 Å². The zero-order valence-electron chi connectivity index (χ0n) is 18.8. The van der Waals surface area contributed by atoms with E-state index in [1.54, 1.807) is 31.2 Å². The Hall–Kier alpha value is -3.15. The lowest BCUT2D eigenvalue weighted by molar-refractivity contribution is 0.144. The Morgan fingerprint density at radius 1 is 1.00 bits per heavy atom. The van der Waals surface area contributed by atoms with Crippen LogP contribution in [0.1, 0.15) is 44.1 Å². The van der Waals surface area contributed by atoms with E-state index in [2.05, 4.69) is 13.2 Å². The minimum Gasteiger partial charge on any atom is -0.508 e. The molecule has 2 aromatic rings. The fraction of sp³-hybridized carbons (Fsp3) is 0.333. The predicted molar refractivity (Wildman–Crippen MR) is 123 cm³/mol. The van der Waals surface area contributed by atoms with Gasteiger partial charge in [-0.15, -0.1) is 0 Å². The first-order valence-corrected chi connectivity index (χ1v) is 11.1. The molecule has 1 aliphatic rings. The van der Waals surface area contributed by atoms with E-state index in [1.807, 2.05) is 0 Å². The van der Waals surface area contributed by atoms with Crippen LogP contribution in [0.2, 0.25) is 0 Å². The molecular weight excluding hydrogens is 429 g/mol. The molecule has 0 amide bonds. The van der Waals surface area contributed by atoms with Crippen molar-refractivity contribution >= 4 is 0 Å². The topological polar surface area (TPSA) is 38.7 Å². The van der Waals surface area contributed by atoms with Gasteiger partial charge < -0.3 is 14.6 Å². The van der Waals surface area contributed by atoms with Crippen molar-refractivity contribution in [1.29, 1.82) is 0 Å². The van der Waals surface area contributed by atoms with Gasteiger partial charge in [-0.2, -0.15) is 0 Å². The molecular formula is C27H29F3O3. The Morgan fingerprint density at radius 3 is 2.30 bits per heavy atom. The van der Waals surface area contributed by atoms with E-state index in [0.29, 0.717) is 37.2 Å². The lowest BCUT2D eigenvalue weighted by Gasteiger charge is -2.29. The molecule has 1 aliphatic carbocycles. The molecule has 3 nitrogen and oxygen atoms in total. The highest BCUT2D eigenvalue weighted by atomic mass is 19.2. The molecule has 1 saturated carbocycles. The van der Waals surface area contributed by atoms with Crippen molar-refractivity contribution < 1.29 is 27.8 Å². The van der Waals surface area contributed by atoms with E-state index in [1.165, 1.54) is 12.1 Å². The zero-order chi connectivity index (χ0) is 24.0. The average molecular weight is 459 g/mol. The number of hydrogen-bond donors (Lipinski definition) is 1. The first kappa shape index (κ1) is 24.5. The molecule has 2 aromatic carbocycles. The summed E-state index contributed by atoms with van der Waals surface area (Å²) in [5.74, 6) is -1.96. The first-order valence-electron chi connectivity index (χ1n) is 11.1. The van der Waals surface area contributed by atoms with Crippen molar-refractivity contribution in [2.24, 2.45) is 5.92 Å². The number of aromatic hydroxyl groups is 1. The van der Waals surface area contributed by atoms with Crippen LogP contribution >= 0.6 is 0 Å². The van der Waals surface area contributed by atoms with E-state index >= 15 is 0 Å². The molecule has 6 heteroatoms. The molecule has 1 fully saturated rings. The highest BCUT2D eigenvalue weighted by molar-refractivity contribution is 5.65. The molecule has 0 unspecified atom stereocenters. The highest BCUT2D eigenvalue weighted by Gasteiger charge is 2.27. The summed E-state index contributed by atoms with van der Waals surface area (Å²) in [5.41, 5.74) is 1.06. The second-order valence-corrected chi connectivity index (χ2v) is 8.22. The SMILES string of the molecule is C=C(/C=C(/F)C(=C)OCC)OCC1CCC(c2ccc(-c3ccc(O)cc3)c(F)c2F)CC1. The Balaban J connectivity index is 1.56. The van der Waals surface area contributed by atoms with E-state index in [0.717, 1.165) is 18.9 Å². The molecule has 0 spiro atoms. The molecule has 33 heavy (non-hydrogen) atoms. The van der Waals surface area contributed by atoms with Gasteiger partial charge in [-0.3, -0.25) is 0 Å². The fourth-order valence-electron chi connectivity index (χ4n) is 4.12. The second-order valence-electron chi connectivity index (χ2n) is 8.22. The summed E-state index contributed by atoms with van der Waals surface area (Å²) in [6, 6.07) is 9.24. The summed E-state index contributed by atoms with van der Waals surface area (Å²) in [6.45, 7) is 9.64. The molecule has 0 bridgehead atoms. The quantitative estimate of drug-likeness (QED) is 0.312. The smallest absolute Gasteiger partial charge is 0.168 e. The van der Waals surface area contributed by atoms with Gasteiger partial charge in [0.25, 0.3) is 0 Å². The van der Waals surface area contributed by atoms with E-state index in [-0.39, 0.29) is 34.7 Å². The van der Waals surface area contributed by atoms with Gasteiger partial charge in [0, 0.05) is 11.6 Å². The average Bonchev–Trinajstić information content (AvgIpc) is 2.81. The van der Waals surface area contributed by atoms with Crippen molar-refractivity contribution in [2.45, 2.75) is 38.5 Å². The van der Waals surface area contributed by atoms with Crippen molar-refractivity contribution in [1.82, 2.24) is 0 Å². The van der Waals surface area contributed by atoms with Crippen LogP contribution in [0.4, 0.5) is 13.2 Å². The number of halogens is 3. The van der Waals surface area contributed by atoms with Gasteiger partial charge in [0.15, 0.2) is 17.5 Å². The monoisotopic (exact) mass is 458 g/mol. The summed E-state index contributed by atoms with van der Waals surface area (Å²) < 4.78 is 54.1. The van der Waals surface area contributed by atoms with Crippen LogP contribution < -0.4 is 0 Å². The van der Waals surface area contributed by atoms with Crippen LogP contribution in [0, 0.1) is 17.6 Å². The number of phenols is 1. The molecule has 0 atom stereocenters. The standard InChI is InChI=1S/C27H29F3O3/c1-4-32-18(3)25(28)15-17(2)33-16-19-5-7-20(8-6-19)23-13-14-24(27(30)26(23)29)21-9-11-22(31)12-10-21/h9-15,19-20,31H,2-8,16H2,1H3/b25-15+. The molecule has 0 radical (unpaired) electrons. The number of hydrogen-bond acceptors (Lipinski definition) is 3. The number of benzene rings is 2. The van der Waals surface area contributed by atoms with Crippen LogP contribution in [0.25, 0.3) is 11.1 Å². The van der Waals surface area contributed by atoms with Crippen LogP contribution in [-0.2, 0) is 9.47 Å². The maximum absolute atomic E-state index is 14.9. The van der Waals surface area contributed by atoms with Gasteiger partial charge in [0.05, 0.1) is 13.2 Å². The normalized spacial score (nSPS) is 18.6. The van der Waals surface area contributed by atoms with Gasteiger partial charge in [-0.1, -0.05) is 37.4 Å². The zero-order valence-corrected chi connectivity index (χ0v) is 18.8. The highest BCUT2D eigenvalue weighted by Crippen LogP contribution is 2.39. The van der Waals surface area contributed by atoms with E-state index < -0.39 is 17.5 Å². The predicted octanol–water partition coefficient (Wildman–Crippen LogP) is 7.55. The summed E-state index contributed by atoms with van der Waals surface area (Å²) in [6.07, 6.45) is 4.14. The Morgan fingerprint density at radius 2 is 1.67 bits per heavy atom. The molecule has 176 valence electrons. The number of allylic oxidation sites excluding steroid dienone is 2. The molecule has 0 aromatic heterocycles. The lowest BCUT2D eigenvalue weighted by Crippen LogP contribution is -2.18. The molecule has 0 saturated heterocycles. The van der Waals surface area contributed by atoms with E-state index in [4.69, 9.17) is 9.47 Å². The van der Waals surface area contributed by atoms with Gasteiger partial charge in [0.2, 0.25) is 0 Å². The molecule has 1 N–H and O–H groups in total. The van der Waals surface area contributed by atoms with Crippen LogP contribution in [0.5, 0.6) is 5.75 Å². The fourth-order valence-corrected chi connectivity index (χ4v) is 4.12. The Bertz CT molecular complexity index is 1020. The molecule has 3 rings (SSSR count). The maximum atomic E-state index is 14.9. The third-order valence-corrected chi connectivity index (χ3v) is 5.95.